The minimum absolute atomic E-state index is 0.714. The highest BCUT2D eigenvalue weighted by atomic mass is 79.9. The summed E-state index contributed by atoms with van der Waals surface area (Å²) in [7, 11) is 0. The van der Waals surface area contributed by atoms with Gasteiger partial charge < -0.3 is 5.73 Å². The fourth-order valence-electron chi connectivity index (χ4n) is 1.28. The van der Waals surface area contributed by atoms with Crippen LogP contribution in [0.15, 0.2) is 41.1 Å². The number of nitrogen functional groups attached to an aromatic ring is 1. The maximum atomic E-state index is 5.87. The summed E-state index contributed by atoms with van der Waals surface area (Å²) in [6, 6.07) is 7.78. The lowest BCUT2D eigenvalue weighted by molar-refractivity contribution is 0.688. The maximum Gasteiger partial charge on any atom is 0.0679 e. The van der Waals surface area contributed by atoms with Crippen molar-refractivity contribution in [2.24, 2.45) is 0 Å². The van der Waals surface area contributed by atoms with E-state index in [0.29, 0.717) is 6.54 Å². The molecule has 0 bridgehead atoms. The van der Waals surface area contributed by atoms with Crippen LogP contribution in [-0.2, 0) is 6.54 Å². The molecule has 3 nitrogen and oxygen atoms in total. The highest BCUT2D eigenvalue weighted by molar-refractivity contribution is 9.10. The average Bonchev–Trinajstić information content (AvgIpc) is 2.62. The van der Waals surface area contributed by atoms with E-state index in [1.807, 2.05) is 35.1 Å². The zero-order chi connectivity index (χ0) is 9.97. The van der Waals surface area contributed by atoms with Crippen molar-refractivity contribution in [3.8, 4) is 0 Å². The van der Waals surface area contributed by atoms with E-state index >= 15 is 0 Å². The lowest BCUT2D eigenvalue weighted by Crippen LogP contribution is -2.03. The Bertz CT molecular complexity index is 423. The molecule has 0 spiro atoms. The van der Waals surface area contributed by atoms with E-state index in [1.54, 1.807) is 6.20 Å². The van der Waals surface area contributed by atoms with Crippen molar-refractivity contribution in [3.05, 3.63) is 46.7 Å². The van der Waals surface area contributed by atoms with Crippen LogP contribution in [0.5, 0.6) is 0 Å². The van der Waals surface area contributed by atoms with Gasteiger partial charge in [-0.15, -0.1) is 0 Å². The Morgan fingerprint density at radius 2 is 2.29 bits per heavy atom. The molecule has 2 aromatic rings. The normalized spacial score (nSPS) is 10.4. The third-order valence-corrected chi connectivity index (χ3v) is 2.49. The van der Waals surface area contributed by atoms with Gasteiger partial charge in [0.25, 0.3) is 0 Å². The summed E-state index contributed by atoms with van der Waals surface area (Å²) in [5, 5.41) is 4.12. The number of rotatable bonds is 2. The van der Waals surface area contributed by atoms with E-state index in [1.165, 1.54) is 0 Å². The van der Waals surface area contributed by atoms with Gasteiger partial charge in [-0.25, -0.2) is 0 Å². The highest BCUT2D eigenvalue weighted by Gasteiger charge is 2.00. The predicted molar refractivity (Wildman–Crippen MR) is 59.9 cm³/mol. The van der Waals surface area contributed by atoms with Crippen molar-refractivity contribution >= 4 is 21.6 Å². The second kappa shape index (κ2) is 3.84. The first-order valence-corrected chi connectivity index (χ1v) is 5.06. The molecule has 0 unspecified atom stereocenters. The van der Waals surface area contributed by atoms with Gasteiger partial charge in [0.2, 0.25) is 0 Å². The Labute approximate surface area is 90.7 Å². The zero-order valence-corrected chi connectivity index (χ0v) is 9.11. The van der Waals surface area contributed by atoms with Crippen molar-refractivity contribution in [2.45, 2.75) is 6.54 Å². The highest BCUT2D eigenvalue weighted by Crippen LogP contribution is 2.18. The summed E-state index contributed by atoms with van der Waals surface area (Å²) in [4.78, 5) is 0. The minimum atomic E-state index is 0.714. The molecule has 1 aromatic heterocycles. The van der Waals surface area contributed by atoms with Crippen LogP contribution in [0, 0.1) is 0 Å². The molecule has 2 N–H and O–H groups in total. The maximum absolute atomic E-state index is 5.87. The van der Waals surface area contributed by atoms with E-state index in [0.717, 1.165) is 15.7 Å². The van der Waals surface area contributed by atoms with Crippen LogP contribution >= 0.6 is 15.9 Å². The molecule has 0 radical (unpaired) electrons. The Kier molecular flexibility index (Phi) is 2.54. The molecule has 2 rings (SSSR count). The van der Waals surface area contributed by atoms with E-state index in [4.69, 9.17) is 5.73 Å². The molecule has 0 saturated heterocycles. The van der Waals surface area contributed by atoms with E-state index in [2.05, 4.69) is 21.0 Å². The van der Waals surface area contributed by atoms with Gasteiger partial charge in [0, 0.05) is 22.6 Å². The molecule has 0 aliphatic rings. The summed E-state index contributed by atoms with van der Waals surface area (Å²) in [5.74, 6) is 0. The average molecular weight is 252 g/mol. The molecule has 1 heterocycles. The summed E-state index contributed by atoms with van der Waals surface area (Å²) < 4.78 is 2.85. The molecule has 0 aliphatic heterocycles. The SMILES string of the molecule is Nc1cc(Br)ccc1Cn1cccn1. The molecule has 72 valence electrons. The summed E-state index contributed by atoms with van der Waals surface area (Å²) in [5.41, 5.74) is 7.73. The second-order valence-electron chi connectivity index (χ2n) is 3.05. The first-order valence-electron chi connectivity index (χ1n) is 4.27. The van der Waals surface area contributed by atoms with E-state index in [-0.39, 0.29) is 0 Å². The van der Waals surface area contributed by atoms with E-state index < -0.39 is 0 Å². The largest absolute Gasteiger partial charge is 0.398 e. The topological polar surface area (TPSA) is 43.8 Å². The number of hydrogen-bond acceptors (Lipinski definition) is 2. The number of anilines is 1. The zero-order valence-electron chi connectivity index (χ0n) is 7.52. The van der Waals surface area contributed by atoms with Crippen LogP contribution in [0.25, 0.3) is 0 Å². The van der Waals surface area contributed by atoms with Gasteiger partial charge in [-0.3, -0.25) is 4.68 Å². The second-order valence-corrected chi connectivity index (χ2v) is 3.96. The van der Waals surface area contributed by atoms with Gasteiger partial charge in [0.1, 0.15) is 0 Å². The van der Waals surface area contributed by atoms with Crippen LogP contribution < -0.4 is 5.73 Å². The Morgan fingerprint density at radius 1 is 1.43 bits per heavy atom. The van der Waals surface area contributed by atoms with Crippen molar-refractivity contribution in [1.82, 2.24) is 9.78 Å². The molecule has 0 fully saturated rings. The summed E-state index contributed by atoms with van der Waals surface area (Å²) in [6.07, 6.45) is 3.68. The molecule has 1 aromatic carbocycles. The van der Waals surface area contributed by atoms with Crippen molar-refractivity contribution < 1.29 is 0 Å². The fraction of sp³-hybridized carbons (Fsp3) is 0.100. The number of nitrogens with two attached hydrogens (primary N) is 1. The van der Waals surface area contributed by atoms with Gasteiger partial charge in [-0.1, -0.05) is 22.0 Å². The molecule has 4 heteroatoms. The summed E-state index contributed by atoms with van der Waals surface area (Å²) >= 11 is 3.37. The van der Waals surface area contributed by atoms with Crippen LogP contribution in [0.3, 0.4) is 0 Å². The Morgan fingerprint density at radius 3 is 2.93 bits per heavy atom. The number of aromatic nitrogens is 2. The number of halogens is 1. The number of benzene rings is 1. The standard InChI is InChI=1S/C10H10BrN3/c11-9-3-2-8(10(12)6-9)7-14-5-1-4-13-14/h1-6H,7,12H2. The van der Waals surface area contributed by atoms with Crippen molar-refractivity contribution in [3.63, 3.8) is 0 Å². The monoisotopic (exact) mass is 251 g/mol. The quantitative estimate of drug-likeness (QED) is 0.833. The van der Waals surface area contributed by atoms with Crippen molar-refractivity contribution in [2.75, 3.05) is 5.73 Å². The van der Waals surface area contributed by atoms with Crippen LogP contribution in [0.4, 0.5) is 5.69 Å². The summed E-state index contributed by atoms with van der Waals surface area (Å²) in [6.45, 7) is 0.714. The first-order chi connectivity index (χ1) is 6.75. The number of nitrogens with zero attached hydrogens (tertiary/aromatic N) is 2. The first kappa shape index (κ1) is 9.27. The van der Waals surface area contributed by atoms with Gasteiger partial charge in [0.05, 0.1) is 6.54 Å². The van der Waals surface area contributed by atoms with Gasteiger partial charge >= 0.3 is 0 Å². The molecule has 0 aliphatic carbocycles. The van der Waals surface area contributed by atoms with Crippen LogP contribution in [-0.4, -0.2) is 9.78 Å². The Hall–Kier alpha value is -1.29. The molecular weight excluding hydrogens is 242 g/mol. The van der Waals surface area contributed by atoms with Gasteiger partial charge in [-0.05, 0) is 23.8 Å². The predicted octanol–water partition coefficient (Wildman–Crippen LogP) is 2.28. The smallest absolute Gasteiger partial charge is 0.0679 e. The van der Waals surface area contributed by atoms with Crippen LogP contribution in [0.1, 0.15) is 5.56 Å². The van der Waals surface area contributed by atoms with Crippen molar-refractivity contribution in [1.29, 1.82) is 0 Å². The minimum Gasteiger partial charge on any atom is -0.398 e. The number of hydrogen-bond donors (Lipinski definition) is 1. The van der Waals surface area contributed by atoms with Gasteiger partial charge in [-0.2, -0.15) is 5.10 Å². The third kappa shape index (κ3) is 1.96. The molecule has 14 heavy (non-hydrogen) atoms. The lowest BCUT2D eigenvalue weighted by Gasteiger charge is -2.05. The lowest BCUT2D eigenvalue weighted by atomic mass is 10.2. The fourth-order valence-corrected chi connectivity index (χ4v) is 1.66. The molecule has 0 saturated carbocycles. The molecular formula is C10H10BrN3. The third-order valence-electron chi connectivity index (χ3n) is 2.00. The van der Waals surface area contributed by atoms with E-state index in [9.17, 15) is 0 Å². The Balaban J connectivity index is 2.25. The van der Waals surface area contributed by atoms with Gasteiger partial charge in [0.15, 0.2) is 0 Å². The van der Waals surface area contributed by atoms with Crippen LogP contribution in [0.2, 0.25) is 0 Å². The molecule has 0 atom stereocenters. The molecule has 0 amide bonds.